The highest BCUT2D eigenvalue weighted by molar-refractivity contribution is 9.10. The number of alkyl halides is 1. The van der Waals surface area contributed by atoms with Crippen molar-refractivity contribution in [3.05, 3.63) is 67.6 Å². The second-order valence-corrected chi connectivity index (χ2v) is 8.81. The van der Waals surface area contributed by atoms with E-state index in [1.165, 1.54) is 29.5 Å². The zero-order valence-corrected chi connectivity index (χ0v) is 17.4. The van der Waals surface area contributed by atoms with Crippen LogP contribution in [0.5, 0.6) is 0 Å². The summed E-state index contributed by atoms with van der Waals surface area (Å²) in [6.45, 7) is 0. The maximum atomic E-state index is 9.64. The number of aliphatic hydroxyl groups excluding tert-OH is 1. The average Bonchev–Trinajstić information content (AvgIpc) is 2.55. The number of aliphatic hydroxyl groups is 1. The lowest BCUT2D eigenvalue weighted by Crippen LogP contribution is -2.08. The molecule has 0 fully saturated rings. The minimum atomic E-state index is -0.234. The van der Waals surface area contributed by atoms with E-state index in [0.717, 1.165) is 40.2 Å². The van der Waals surface area contributed by atoms with Gasteiger partial charge in [-0.1, -0.05) is 44.0 Å². The van der Waals surface area contributed by atoms with Gasteiger partial charge in [0.2, 0.25) is 0 Å². The number of aryl methyl sites for hydroxylation is 2. The predicted octanol–water partition coefficient (Wildman–Crippen LogP) is 6.88. The van der Waals surface area contributed by atoms with Crippen molar-refractivity contribution in [2.75, 3.05) is 0 Å². The highest BCUT2D eigenvalue weighted by Gasteiger charge is 2.18. The summed E-state index contributed by atoms with van der Waals surface area (Å²) in [6, 6.07) is 12.5. The van der Waals surface area contributed by atoms with E-state index in [2.05, 4.69) is 56.1 Å². The predicted molar refractivity (Wildman–Crippen MR) is 108 cm³/mol. The van der Waals surface area contributed by atoms with Crippen molar-refractivity contribution in [3.63, 3.8) is 0 Å². The molecule has 0 aliphatic heterocycles. The number of hydrogen-bond donors (Lipinski definition) is 1. The fourth-order valence-corrected chi connectivity index (χ4v) is 4.67. The van der Waals surface area contributed by atoms with E-state index in [0.29, 0.717) is 0 Å². The van der Waals surface area contributed by atoms with E-state index in [1.807, 2.05) is 12.1 Å². The minimum Gasteiger partial charge on any atom is -0.388 e. The van der Waals surface area contributed by atoms with E-state index in [9.17, 15) is 5.11 Å². The summed E-state index contributed by atoms with van der Waals surface area (Å²) < 4.78 is 2.27. The summed E-state index contributed by atoms with van der Waals surface area (Å²) in [5.74, 6) is 0. The summed E-state index contributed by atoms with van der Waals surface area (Å²) in [5, 5.41) is 9.87. The molecule has 2 aromatic carbocycles. The van der Waals surface area contributed by atoms with Gasteiger partial charge >= 0.3 is 0 Å². The molecule has 1 nitrogen and oxygen atoms in total. The van der Waals surface area contributed by atoms with E-state index >= 15 is 0 Å². The standard InChI is InChI=1S/C10H10BrCl.C10H11BrO/c2*11-8-4-5-9-7(6-8)2-1-3-10(9)12/h4-6,10H,1-3H2;4-6,10,12H,1-3H2. The quantitative estimate of drug-likeness (QED) is 0.414. The number of halogens is 3. The highest BCUT2D eigenvalue weighted by atomic mass is 79.9. The Hall–Kier alpha value is -0.350. The molecule has 2 aromatic rings. The smallest absolute Gasteiger partial charge is 0.0792 e. The number of fused-ring (bicyclic) bond motifs is 2. The van der Waals surface area contributed by atoms with Crippen LogP contribution in [0.3, 0.4) is 0 Å². The van der Waals surface area contributed by atoms with Crippen molar-refractivity contribution < 1.29 is 5.11 Å². The number of benzene rings is 2. The van der Waals surface area contributed by atoms with Crippen molar-refractivity contribution in [1.82, 2.24) is 0 Å². The maximum Gasteiger partial charge on any atom is 0.0792 e. The minimum absolute atomic E-state index is 0.234. The molecule has 0 heterocycles. The first-order valence-electron chi connectivity index (χ1n) is 8.43. The van der Waals surface area contributed by atoms with Gasteiger partial charge in [0, 0.05) is 8.95 Å². The summed E-state index contributed by atoms with van der Waals surface area (Å²) in [6.07, 6.45) is 6.40. The molecular weight excluding hydrogens is 451 g/mol. The molecule has 0 aromatic heterocycles. The molecule has 4 rings (SSSR count). The van der Waals surface area contributed by atoms with Crippen LogP contribution >= 0.6 is 43.5 Å². The molecule has 1 N–H and O–H groups in total. The second-order valence-electron chi connectivity index (χ2n) is 6.45. The van der Waals surface area contributed by atoms with Crippen LogP contribution in [0.1, 0.15) is 59.4 Å². The van der Waals surface area contributed by atoms with Gasteiger partial charge in [-0.05, 0) is 85.0 Å². The SMILES string of the molecule is ClC1CCCc2cc(Br)ccc21.OC1CCCc2cc(Br)ccc21. The summed E-state index contributed by atoms with van der Waals surface area (Å²) >= 11 is 13.1. The average molecular weight is 473 g/mol. The van der Waals surface area contributed by atoms with E-state index < -0.39 is 0 Å². The Bertz CT molecular complexity index is 655. The van der Waals surface area contributed by atoms with Crippen LogP contribution in [0.4, 0.5) is 0 Å². The number of rotatable bonds is 0. The lowest BCUT2D eigenvalue weighted by Gasteiger charge is -2.21. The first-order chi connectivity index (χ1) is 11.5. The van der Waals surface area contributed by atoms with Crippen LogP contribution in [0.2, 0.25) is 0 Å². The summed E-state index contributed by atoms with van der Waals surface area (Å²) in [5.41, 5.74) is 5.15. The van der Waals surface area contributed by atoms with Gasteiger partial charge in [0.05, 0.1) is 11.5 Å². The normalized spacial score (nSPS) is 22.0. The third-order valence-corrected chi connectivity index (χ3v) is 6.17. The van der Waals surface area contributed by atoms with Crippen LogP contribution < -0.4 is 0 Å². The Morgan fingerprint density at radius 2 is 1.38 bits per heavy atom. The van der Waals surface area contributed by atoms with Crippen molar-refractivity contribution in [3.8, 4) is 0 Å². The third kappa shape index (κ3) is 4.43. The van der Waals surface area contributed by atoms with Crippen LogP contribution in [-0.4, -0.2) is 5.11 Å². The van der Waals surface area contributed by atoms with Gasteiger partial charge in [-0.25, -0.2) is 0 Å². The lowest BCUT2D eigenvalue weighted by molar-refractivity contribution is 0.156. The van der Waals surface area contributed by atoms with Crippen molar-refractivity contribution in [2.24, 2.45) is 0 Å². The number of hydrogen-bond acceptors (Lipinski definition) is 1. The Kier molecular flexibility index (Phi) is 6.42. The molecule has 0 radical (unpaired) electrons. The van der Waals surface area contributed by atoms with Crippen LogP contribution in [0.25, 0.3) is 0 Å². The molecule has 4 heteroatoms. The van der Waals surface area contributed by atoms with Gasteiger partial charge in [-0.2, -0.15) is 0 Å². The Labute approximate surface area is 165 Å². The molecule has 24 heavy (non-hydrogen) atoms. The molecular formula is C20H21Br2ClO. The second kappa shape index (κ2) is 8.35. The summed E-state index contributed by atoms with van der Waals surface area (Å²) in [7, 11) is 0. The molecule has 128 valence electrons. The largest absolute Gasteiger partial charge is 0.388 e. The molecule has 2 atom stereocenters. The van der Waals surface area contributed by atoms with Gasteiger partial charge in [0.15, 0.2) is 0 Å². The molecule has 0 bridgehead atoms. The molecule has 2 aliphatic carbocycles. The fourth-order valence-electron chi connectivity index (χ4n) is 3.48. The van der Waals surface area contributed by atoms with Crippen LogP contribution in [-0.2, 0) is 12.8 Å². The van der Waals surface area contributed by atoms with Gasteiger partial charge in [-0.15, -0.1) is 11.6 Å². The molecule has 0 saturated heterocycles. The fraction of sp³-hybridized carbons (Fsp3) is 0.400. The molecule has 2 aliphatic rings. The first-order valence-corrected chi connectivity index (χ1v) is 10.5. The molecule has 0 amide bonds. The topological polar surface area (TPSA) is 20.2 Å². The highest BCUT2D eigenvalue weighted by Crippen LogP contribution is 2.35. The Morgan fingerprint density at radius 1 is 0.833 bits per heavy atom. The van der Waals surface area contributed by atoms with Crippen molar-refractivity contribution in [1.29, 1.82) is 0 Å². The maximum absolute atomic E-state index is 9.64. The Balaban J connectivity index is 0.000000141. The summed E-state index contributed by atoms with van der Waals surface area (Å²) in [4.78, 5) is 0. The lowest BCUT2D eigenvalue weighted by atomic mass is 9.90. The van der Waals surface area contributed by atoms with E-state index in [4.69, 9.17) is 11.6 Å². The van der Waals surface area contributed by atoms with Gasteiger partial charge in [0.25, 0.3) is 0 Å². The Morgan fingerprint density at radius 3 is 2.04 bits per heavy atom. The zero-order valence-electron chi connectivity index (χ0n) is 13.4. The van der Waals surface area contributed by atoms with E-state index in [1.54, 1.807) is 0 Å². The van der Waals surface area contributed by atoms with Crippen LogP contribution in [0.15, 0.2) is 45.3 Å². The first kappa shape index (κ1) is 18.4. The van der Waals surface area contributed by atoms with Crippen molar-refractivity contribution >= 4 is 43.5 Å². The van der Waals surface area contributed by atoms with E-state index in [-0.39, 0.29) is 11.5 Å². The molecule has 0 spiro atoms. The zero-order chi connectivity index (χ0) is 17.1. The third-order valence-electron chi connectivity index (χ3n) is 4.73. The molecule has 0 saturated carbocycles. The van der Waals surface area contributed by atoms with Gasteiger partial charge < -0.3 is 5.11 Å². The molecule has 2 unspecified atom stereocenters. The van der Waals surface area contributed by atoms with Gasteiger partial charge in [0.1, 0.15) is 0 Å². The monoisotopic (exact) mass is 470 g/mol. The van der Waals surface area contributed by atoms with Gasteiger partial charge in [-0.3, -0.25) is 0 Å². The van der Waals surface area contributed by atoms with Crippen molar-refractivity contribution in [2.45, 2.75) is 50.0 Å². The van der Waals surface area contributed by atoms with Crippen LogP contribution in [0, 0.1) is 0 Å².